The monoisotopic (exact) mass is 401 g/mol. The summed E-state index contributed by atoms with van der Waals surface area (Å²) in [6, 6.07) is 10.7. The molecule has 3 aromatic rings. The Morgan fingerprint density at radius 3 is 2.18 bits per heavy atom. The van der Waals surface area contributed by atoms with Crippen molar-refractivity contribution < 1.29 is 23.4 Å². The van der Waals surface area contributed by atoms with Gasteiger partial charge in [0.15, 0.2) is 11.5 Å². The molecule has 0 aliphatic rings. The lowest BCUT2D eigenvalue weighted by atomic mass is 10.1. The number of aromatic nitrogens is 2. The van der Waals surface area contributed by atoms with E-state index in [1.807, 2.05) is 30.5 Å². The third-order valence-corrected chi connectivity index (χ3v) is 4.65. The van der Waals surface area contributed by atoms with Crippen LogP contribution in [0.1, 0.15) is 10.4 Å². The zero-order valence-electron chi connectivity index (χ0n) is 15.8. The fourth-order valence-corrected chi connectivity index (χ4v) is 2.91. The molecule has 0 bridgehead atoms. The van der Waals surface area contributed by atoms with Crippen LogP contribution >= 0.6 is 11.8 Å². The largest absolute Gasteiger partial charge is 0.493 e. The van der Waals surface area contributed by atoms with Gasteiger partial charge in [-0.15, -0.1) is 16.9 Å². The number of hydrogen-bond acceptors (Lipinski definition) is 8. The van der Waals surface area contributed by atoms with E-state index >= 15 is 0 Å². The molecule has 28 heavy (non-hydrogen) atoms. The minimum absolute atomic E-state index is 0.0114. The number of hydrogen-bond donors (Lipinski definition) is 1. The average molecular weight is 401 g/mol. The van der Waals surface area contributed by atoms with Crippen LogP contribution in [0.5, 0.6) is 17.2 Å². The minimum atomic E-state index is -0.452. The zero-order valence-corrected chi connectivity index (χ0v) is 16.6. The fourth-order valence-electron chi connectivity index (χ4n) is 2.51. The summed E-state index contributed by atoms with van der Waals surface area (Å²) in [4.78, 5) is 13.7. The normalized spacial score (nSPS) is 10.4. The quantitative estimate of drug-likeness (QED) is 0.598. The molecular formula is C19H19N3O5S. The molecule has 0 saturated heterocycles. The molecule has 0 aliphatic carbocycles. The van der Waals surface area contributed by atoms with Crippen molar-refractivity contribution in [2.24, 2.45) is 0 Å². The Hall–Kier alpha value is -3.20. The van der Waals surface area contributed by atoms with Crippen molar-refractivity contribution in [2.75, 3.05) is 32.9 Å². The number of carbonyl (C=O) groups is 1. The Morgan fingerprint density at radius 1 is 1.00 bits per heavy atom. The Morgan fingerprint density at radius 2 is 1.64 bits per heavy atom. The second-order valence-corrected chi connectivity index (χ2v) is 6.39. The molecule has 1 amide bonds. The van der Waals surface area contributed by atoms with Gasteiger partial charge in [-0.3, -0.25) is 10.1 Å². The van der Waals surface area contributed by atoms with Crippen LogP contribution in [0.25, 0.3) is 11.5 Å². The highest BCUT2D eigenvalue weighted by molar-refractivity contribution is 7.98. The number of ether oxygens (including phenoxy) is 3. The number of carbonyl (C=O) groups excluding carboxylic acids is 1. The van der Waals surface area contributed by atoms with E-state index in [9.17, 15) is 4.79 Å². The molecule has 0 spiro atoms. The van der Waals surface area contributed by atoms with Gasteiger partial charge in [0.05, 0.1) is 21.3 Å². The van der Waals surface area contributed by atoms with Gasteiger partial charge >= 0.3 is 6.01 Å². The summed E-state index contributed by atoms with van der Waals surface area (Å²) in [5.74, 6) is 0.995. The molecule has 146 valence electrons. The number of rotatable bonds is 7. The first kappa shape index (κ1) is 19.6. The van der Waals surface area contributed by atoms with Gasteiger partial charge in [-0.1, -0.05) is 5.10 Å². The first-order chi connectivity index (χ1) is 13.6. The smallest absolute Gasteiger partial charge is 0.322 e. The van der Waals surface area contributed by atoms with Crippen LogP contribution in [0.4, 0.5) is 6.01 Å². The van der Waals surface area contributed by atoms with Crippen LogP contribution in [0.3, 0.4) is 0 Å². The van der Waals surface area contributed by atoms with E-state index < -0.39 is 5.91 Å². The number of benzene rings is 2. The van der Waals surface area contributed by atoms with E-state index in [1.165, 1.54) is 33.5 Å². The molecule has 0 unspecified atom stereocenters. The molecule has 1 heterocycles. The molecule has 0 saturated carbocycles. The van der Waals surface area contributed by atoms with Crippen LogP contribution in [0.15, 0.2) is 45.7 Å². The molecule has 8 nitrogen and oxygen atoms in total. The van der Waals surface area contributed by atoms with Gasteiger partial charge in [0, 0.05) is 16.0 Å². The van der Waals surface area contributed by atoms with Gasteiger partial charge < -0.3 is 18.6 Å². The highest BCUT2D eigenvalue weighted by atomic mass is 32.2. The van der Waals surface area contributed by atoms with Gasteiger partial charge in [0.25, 0.3) is 5.91 Å². The predicted molar refractivity (Wildman–Crippen MR) is 106 cm³/mol. The second-order valence-electron chi connectivity index (χ2n) is 5.51. The van der Waals surface area contributed by atoms with E-state index in [2.05, 4.69) is 15.5 Å². The molecule has 0 atom stereocenters. The van der Waals surface area contributed by atoms with Crippen molar-refractivity contribution in [2.45, 2.75) is 4.90 Å². The minimum Gasteiger partial charge on any atom is -0.493 e. The van der Waals surface area contributed by atoms with Gasteiger partial charge in [-0.05, 0) is 42.7 Å². The molecule has 0 radical (unpaired) electrons. The third kappa shape index (κ3) is 4.04. The Labute approximate surface area is 166 Å². The maximum atomic E-state index is 12.6. The number of thioether (sulfide) groups is 1. The Balaban J connectivity index is 1.81. The lowest BCUT2D eigenvalue weighted by molar-refractivity contribution is 0.102. The van der Waals surface area contributed by atoms with Crippen LogP contribution in [0.2, 0.25) is 0 Å². The number of amides is 1. The maximum absolute atomic E-state index is 12.6. The summed E-state index contributed by atoms with van der Waals surface area (Å²) >= 11 is 1.64. The maximum Gasteiger partial charge on any atom is 0.322 e. The van der Waals surface area contributed by atoms with E-state index in [1.54, 1.807) is 11.8 Å². The summed E-state index contributed by atoms with van der Waals surface area (Å²) < 4.78 is 21.3. The first-order valence-corrected chi connectivity index (χ1v) is 9.41. The SMILES string of the molecule is COc1cc(C(=O)Nc2nnc(-c3ccc(SC)cc3)o2)cc(OC)c1OC. The molecule has 9 heteroatoms. The lowest BCUT2D eigenvalue weighted by Crippen LogP contribution is -2.13. The first-order valence-electron chi connectivity index (χ1n) is 8.19. The topological polar surface area (TPSA) is 95.7 Å². The number of nitrogens with zero attached hydrogens (tertiary/aromatic N) is 2. The van der Waals surface area contributed by atoms with Crippen LogP contribution in [-0.2, 0) is 0 Å². The van der Waals surface area contributed by atoms with Gasteiger partial charge in [0.1, 0.15) is 0 Å². The van der Waals surface area contributed by atoms with Crippen molar-refractivity contribution in [1.29, 1.82) is 0 Å². The predicted octanol–water partition coefficient (Wildman–Crippen LogP) is 3.74. The van der Waals surface area contributed by atoms with Crippen molar-refractivity contribution >= 4 is 23.7 Å². The van der Waals surface area contributed by atoms with E-state index in [-0.39, 0.29) is 6.01 Å². The van der Waals surface area contributed by atoms with Crippen LogP contribution < -0.4 is 19.5 Å². The highest BCUT2D eigenvalue weighted by Crippen LogP contribution is 2.38. The summed E-state index contributed by atoms with van der Waals surface area (Å²) in [6.45, 7) is 0. The summed E-state index contributed by atoms with van der Waals surface area (Å²) in [5, 5.41) is 10.4. The average Bonchev–Trinajstić information content (AvgIpc) is 3.20. The molecule has 0 fully saturated rings. The second kappa shape index (κ2) is 8.66. The highest BCUT2D eigenvalue weighted by Gasteiger charge is 2.19. The molecule has 0 aliphatic heterocycles. The van der Waals surface area contributed by atoms with E-state index in [0.717, 1.165) is 10.5 Å². The van der Waals surface area contributed by atoms with Crippen LogP contribution in [0, 0.1) is 0 Å². The van der Waals surface area contributed by atoms with Crippen molar-refractivity contribution in [3.63, 3.8) is 0 Å². The van der Waals surface area contributed by atoms with Crippen molar-refractivity contribution in [3.8, 4) is 28.7 Å². The molecule has 2 aromatic carbocycles. The summed E-state index contributed by atoms with van der Waals surface area (Å²) in [7, 11) is 4.45. The van der Waals surface area contributed by atoms with E-state index in [4.69, 9.17) is 18.6 Å². The van der Waals surface area contributed by atoms with Crippen LogP contribution in [-0.4, -0.2) is 43.7 Å². The standard InChI is InChI=1S/C19H19N3O5S/c1-24-14-9-12(10-15(25-2)16(14)26-3)17(23)20-19-22-21-18(27-19)11-5-7-13(28-4)8-6-11/h5-10H,1-4H3,(H,20,22,23). The lowest BCUT2D eigenvalue weighted by Gasteiger charge is -2.13. The number of anilines is 1. The number of nitrogens with one attached hydrogen (secondary N) is 1. The fraction of sp³-hybridized carbons (Fsp3) is 0.211. The molecule has 1 aromatic heterocycles. The molecule has 1 N–H and O–H groups in total. The summed E-state index contributed by atoms with van der Waals surface area (Å²) in [5.41, 5.74) is 1.05. The molecule has 3 rings (SSSR count). The molecular weight excluding hydrogens is 382 g/mol. The van der Waals surface area contributed by atoms with Crippen molar-refractivity contribution in [1.82, 2.24) is 10.2 Å². The van der Waals surface area contributed by atoms with Gasteiger partial charge in [-0.2, -0.15) is 0 Å². The third-order valence-electron chi connectivity index (χ3n) is 3.91. The van der Waals surface area contributed by atoms with E-state index in [0.29, 0.717) is 28.7 Å². The Kier molecular flexibility index (Phi) is 6.05. The number of methoxy groups -OCH3 is 3. The Bertz CT molecular complexity index is 947. The van der Waals surface area contributed by atoms with Gasteiger partial charge in [0.2, 0.25) is 11.6 Å². The zero-order chi connectivity index (χ0) is 20.1. The van der Waals surface area contributed by atoms with Crippen molar-refractivity contribution in [3.05, 3.63) is 42.0 Å². The summed E-state index contributed by atoms with van der Waals surface area (Å²) in [6.07, 6.45) is 2.00. The van der Waals surface area contributed by atoms with Gasteiger partial charge in [-0.25, -0.2) is 0 Å².